The molecule has 0 aromatic rings. The van der Waals surface area contributed by atoms with Crippen LogP contribution in [-0.4, -0.2) is 62.0 Å². The second-order valence-electron chi connectivity index (χ2n) is 5.92. The minimum atomic E-state index is -0.424. The number of nitrogens with one attached hydrogen (secondary N) is 1. The molecule has 1 unspecified atom stereocenters. The molecule has 0 aliphatic heterocycles. The smallest absolute Gasteiger partial charge is 0.0897 e. The van der Waals surface area contributed by atoms with Crippen molar-refractivity contribution in [3.63, 3.8) is 0 Å². The van der Waals surface area contributed by atoms with Crippen LogP contribution in [0.4, 0.5) is 0 Å². The molecule has 104 valence electrons. The van der Waals surface area contributed by atoms with Crippen LogP contribution in [0.15, 0.2) is 0 Å². The highest BCUT2D eigenvalue weighted by Crippen LogP contribution is 2.07. The van der Waals surface area contributed by atoms with Crippen molar-refractivity contribution in [3.8, 4) is 0 Å². The minimum absolute atomic E-state index is 0.0957. The van der Waals surface area contributed by atoms with E-state index in [4.69, 9.17) is 4.74 Å². The molecule has 0 saturated heterocycles. The lowest BCUT2D eigenvalue weighted by Crippen LogP contribution is -2.48. The van der Waals surface area contributed by atoms with Gasteiger partial charge in [0.15, 0.2) is 0 Å². The average Bonchev–Trinajstić information content (AvgIpc) is 2.16. The maximum absolute atomic E-state index is 9.70. The number of hydrogen-bond acceptors (Lipinski definition) is 4. The summed E-state index contributed by atoms with van der Waals surface area (Å²) in [4.78, 5) is 2.17. The maximum Gasteiger partial charge on any atom is 0.0897 e. The summed E-state index contributed by atoms with van der Waals surface area (Å²) >= 11 is 0. The minimum Gasteiger partial charge on any atom is -0.389 e. The van der Waals surface area contributed by atoms with E-state index in [1.807, 2.05) is 0 Å². The Labute approximate surface area is 106 Å². The third-order valence-corrected chi connectivity index (χ3v) is 2.91. The zero-order chi connectivity index (χ0) is 13.5. The zero-order valence-corrected chi connectivity index (χ0v) is 12.3. The van der Waals surface area contributed by atoms with Gasteiger partial charge in [0.25, 0.3) is 0 Å². The van der Waals surface area contributed by atoms with Gasteiger partial charge in [0.2, 0.25) is 0 Å². The number of rotatable bonds is 9. The van der Waals surface area contributed by atoms with Crippen molar-refractivity contribution in [1.82, 2.24) is 10.2 Å². The highest BCUT2D eigenvalue weighted by atomic mass is 16.5. The summed E-state index contributed by atoms with van der Waals surface area (Å²) in [5.74, 6) is 0.517. The molecule has 17 heavy (non-hydrogen) atoms. The van der Waals surface area contributed by atoms with Gasteiger partial charge in [-0.1, -0.05) is 13.8 Å². The number of ether oxygens (including phenoxy) is 1. The Bertz CT molecular complexity index is 194. The molecule has 4 nitrogen and oxygen atoms in total. The summed E-state index contributed by atoms with van der Waals surface area (Å²) in [6.07, 6.45) is -0.424. The van der Waals surface area contributed by atoms with Gasteiger partial charge in [-0.15, -0.1) is 0 Å². The van der Waals surface area contributed by atoms with E-state index in [2.05, 4.69) is 52.0 Å². The Morgan fingerprint density at radius 2 is 1.82 bits per heavy atom. The van der Waals surface area contributed by atoms with Crippen LogP contribution in [0, 0.1) is 5.92 Å². The summed E-state index contributed by atoms with van der Waals surface area (Å²) in [7, 11) is 4.12. The molecule has 0 aliphatic rings. The molecule has 0 rings (SSSR count). The van der Waals surface area contributed by atoms with Gasteiger partial charge in [0, 0.05) is 25.2 Å². The fourth-order valence-corrected chi connectivity index (χ4v) is 1.20. The van der Waals surface area contributed by atoms with Crippen LogP contribution >= 0.6 is 0 Å². The summed E-state index contributed by atoms with van der Waals surface area (Å²) in [6, 6.07) is 0. The third kappa shape index (κ3) is 8.55. The Morgan fingerprint density at radius 1 is 1.24 bits per heavy atom. The Balaban J connectivity index is 3.61. The fraction of sp³-hybridized carbons (Fsp3) is 1.00. The normalized spacial score (nSPS) is 14.6. The quantitative estimate of drug-likeness (QED) is 0.636. The molecule has 0 heterocycles. The van der Waals surface area contributed by atoms with E-state index in [1.54, 1.807) is 0 Å². The Morgan fingerprint density at radius 3 is 2.29 bits per heavy atom. The molecule has 0 radical (unpaired) electrons. The van der Waals surface area contributed by atoms with Gasteiger partial charge in [-0.3, -0.25) is 0 Å². The van der Waals surface area contributed by atoms with Gasteiger partial charge in [-0.05, 0) is 33.9 Å². The lowest BCUT2D eigenvalue weighted by atomic mass is 10.0. The van der Waals surface area contributed by atoms with Crippen molar-refractivity contribution in [2.45, 2.75) is 39.3 Å². The number of likely N-dealkylation sites (N-methyl/N-ethyl adjacent to an activating group) is 1. The molecule has 0 amide bonds. The summed E-state index contributed by atoms with van der Waals surface area (Å²) < 4.78 is 5.39. The first kappa shape index (κ1) is 16.8. The van der Waals surface area contributed by atoms with Crippen LogP contribution < -0.4 is 5.32 Å². The topological polar surface area (TPSA) is 44.7 Å². The van der Waals surface area contributed by atoms with E-state index in [0.29, 0.717) is 25.7 Å². The summed E-state index contributed by atoms with van der Waals surface area (Å²) in [5.41, 5.74) is 0.0957. The largest absolute Gasteiger partial charge is 0.389 e. The number of hydrogen-bond donors (Lipinski definition) is 2. The predicted octanol–water partition coefficient (Wildman–Crippen LogP) is 0.950. The highest BCUT2D eigenvalue weighted by Gasteiger charge is 2.19. The van der Waals surface area contributed by atoms with E-state index in [1.165, 1.54) is 0 Å². The van der Waals surface area contributed by atoms with Crippen LogP contribution in [0.2, 0.25) is 0 Å². The molecule has 0 aliphatic carbocycles. The molecule has 0 aromatic heterocycles. The van der Waals surface area contributed by atoms with Crippen molar-refractivity contribution >= 4 is 0 Å². The molecular weight excluding hydrogens is 216 g/mol. The lowest BCUT2D eigenvalue weighted by Gasteiger charge is -2.33. The van der Waals surface area contributed by atoms with Crippen LogP contribution in [0.3, 0.4) is 0 Å². The van der Waals surface area contributed by atoms with Crippen molar-refractivity contribution in [2.75, 3.05) is 40.4 Å². The average molecular weight is 246 g/mol. The summed E-state index contributed by atoms with van der Waals surface area (Å²) in [5, 5.41) is 13.0. The second kappa shape index (κ2) is 8.03. The predicted molar refractivity (Wildman–Crippen MR) is 72.3 cm³/mol. The van der Waals surface area contributed by atoms with Crippen LogP contribution in [0.1, 0.15) is 27.7 Å². The number of aliphatic hydroxyl groups is 1. The lowest BCUT2D eigenvalue weighted by molar-refractivity contribution is 0.0247. The molecule has 0 spiro atoms. The maximum atomic E-state index is 9.70. The van der Waals surface area contributed by atoms with E-state index < -0.39 is 6.10 Å². The molecule has 0 saturated carbocycles. The van der Waals surface area contributed by atoms with Crippen LogP contribution in [0.5, 0.6) is 0 Å². The highest BCUT2D eigenvalue weighted by molar-refractivity contribution is 4.80. The first-order valence-corrected chi connectivity index (χ1v) is 6.39. The third-order valence-electron chi connectivity index (χ3n) is 2.91. The van der Waals surface area contributed by atoms with Crippen LogP contribution in [-0.2, 0) is 4.74 Å². The molecule has 1 atom stereocenters. The SMILES string of the molecule is CC(C)COCC(O)CNCC(C)(C)N(C)C. The molecule has 2 N–H and O–H groups in total. The van der Waals surface area contributed by atoms with E-state index in [0.717, 1.165) is 6.54 Å². The zero-order valence-electron chi connectivity index (χ0n) is 12.3. The number of aliphatic hydroxyl groups excluding tert-OH is 1. The molecule has 0 fully saturated rings. The molecular formula is C13H30N2O2. The first-order chi connectivity index (χ1) is 7.75. The van der Waals surface area contributed by atoms with E-state index in [9.17, 15) is 5.11 Å². The Kier molecular flexibility index (Phi) is 7.96. The van der Waals surface area contributed by atoms with Crippen molar-refractivity contribution < 1.29 is 9.84 Å². The van der Waals surface area contributed by atoms with Crippen molar-refractivity contribution in [1.29, 1.82) is 0 Å². The Hall–Kier alpha value is -0.160. The van der Waals surface area contributed by atoms with Crippen LogP contribution in [0.25, 0.3) is 0 Å². The van der Waals surface area contributed by atoms with Gasteiger partial charge >= 0.3 is 0 Å². The van der Waals surface area contributed by atoms with E-state index in [-0.39, 0.29) is 5.54 Å². The van der Waals surface area contributed by atoms with Gasteiger partial charge in [0.1, 0.15) is 0 Å². The van der Waals surface area contributed by atoms with E-state index >= 15 is 0 Å². The monoisotopic (exact) mass is 246 g/mol. The van der Waals surface area contributed by atoms with Gasteiger partial charge in [0.05, 0.1) is 12.7 Å². The van der Waals surface area contributed by atoms with Gasteiger partial charge < -0.3 is 20.1 Å². The van der Waals surface area contributed by atoms with Gasteiger partial charge in [-0.2, -0.15) is 0 Å². The van der Waals surface area contributed by atoms with Crippen molar-refractivity contribution in [3.05, 3.63) is 0 Å². The van der Waals surface area contributed by atoms with Crippen molar-refractivity contribution in [2.24, 2.45) is 5.92 Å². The summed E-state index contributed by atoms with van der Waals surface area (Å²) in [6.45, 7) is 11.1. The standard InChI is InChI=1S/C13H30N2O2/c1-11(2)8-17-9-12(16)7-14-10-13(3,4)15(5)6/h11-12,14,16H,7-10H2,1-6H3. The molecule has 0 aromatic carbocycles. The second-order valence-corrected chi connectivity index (χ2v) is 5.92. The molecule has 4 heteroatoms. The fourth-order valence-electron chi connectivity index (χ4n) is 1.20. The first-order valence-electron chi connectivity index (χ1n) is 6.39. The number of nitrogens with zero attached hydrogens (tertiary/aromatic N) is 1. The molecule has 0 bridgehead atoms. The van der Waals surface area contributed by atoms with Gasteiger partial charge in [-0.25, -0.2) is 0 Å².